The molecule has 1 aromatic heterocycles. The molecule has 2 aromatic rings. The van der Waals surface area contributed by atoms with E-state index in [0.717, 1.165) is 24.5 Å². The van der Waals surface area contributed by atoms with E-state index < -0.39 is 5.92 Å². The molecular formula is C23H31N3O4S. The summed E-state index contributed by atoms with van der Waals surface area (Å²) < 4.78 is 10.9. The van der Waals surface area contributed by atoms with Crippen molar-refractivity contribution in [2.45, 2.75) is 25.8 Å². The third-order valence-corrected chi connectivity index (χ3v) is 6.86. The molecule has 0 spiro atoms. The van der Waals surface area contributed by atoms with E-state index in [1.165, 1.54) is 7.11 Å². The molecule has 1 N–H and O–H groups in total. The van der Waals surface area contributed by atoms with Crippen molar-refractivity contribution in [1.29, 1.82) is 0 Å². The Hall–Kier alpha value is -2.58. The first-order valence-corrected chi connectivity index (χ1v) is 11.4. The first-order valence-electron chi connectivity index (χ1n) is 10.5. The van der Waals surface area contributed by atoms with Crippen molar-refractivity contribution in [3.8, 4) is 11.5 Å². The molecule has 0 bridgehead atoms. The average molecular weight is 446 g/mol. The second kappa shape index (κ2) is 10.2. The zero-order valence-electron chi connectivity index (χ0n) is 18.8. The highest BCUT2D eigenvalue weighted by molar-refractivity contribution is 7.10. The fourth-order valence-corrected chi connectivity index (χ4v) is 5.04. The molecule has 3 rings (SSSR count). The fraction of sp³-hybridized carbons (Fsp3) is 0.478. The zero-order chi connectivity index (χ0) is 22.5. The summed E-state index contributed by atoms with van der Waals surface area (Å²) in [5, 5.41) is 5.07. The number of methoxy groups -OCH3 is 2. The van der Waals surface area contributed by atoms with Crippen LogP contribution in [0.4, 0.5) is 0 Å². The molecule has 2 amide bonds. The summed E-state index contributed by atoms with van der Waals surface area (Å²) >= 11 is 1.55. The highest BCUT2D eigenvalue weighted by Gasteiger charge is 2.43. The Morgan fingerprint density at radius 3 is 2.45 bits per heavy atom. The molecule has 0 radical (unpaired) electrons. The maximum atomic E-state index is 13.5. The van der Waals surface area contributed by atoms with Crippen LogP contribution in [0.1, 0.15) is 46.6 Å². The minimum atomic E-state index is -0.548. The summed E-state index contributed by atoms with van der Waals surface area (Å²) in [4.78, 5) is 31.6. The predicted octanol–water partition coefficient (Wildman–Crippen LogP) is 3.13. The van der Waals surface area contributed by atoms with Crippen LogP contribution < -0.4 is 14.8 Å². The predicted molar refractivity (Wildman–Crippen MR) is 122 cm³/mol. The Bertz CT molecular complexity index is 912. The van der Waals surface area contributed by atoms with Crippen LogP contribution in [-0.4, -0.2) is 69.1 Å². The fourth-order valence-electron chi connectivity index (χ4n) is 4.13. The Balaban J connectivity index is 2.02. The molecule has 8 heteroatoms. The molecule has 0 unspecified atom stereocenters. The molecule has 31 heavy (non-hydrogen) atoms. The largest absolute Gasteiger partial charge is 0.493 e. The van der Waals surface area contributed by atoms with Gasteiger partial charge in [-0.1, -0.05) is 19.9 Å². The SMILES string of the molecule is CCN(CC)CCNC(=O)[C@@H]1c2cc(OC)c(OC)cc2C(=O)N(C)[C@H]1c1cccs1. The van der Waals surface area contributed by atoms with Gasteiger partial charge in [-0.3, -0.25) is 9.59 Å². The van der Waals surface area contributed by atoms with Gasteiger partial charge in [-0.05, 0) is 42.2 Å². The van der Waals surface area contributed by atoms with Gasteiger partial charge in [-0.15, -0.1) is 11.3 Å². The number of hydrogen-bond acceptors (Lipinski definition) is 6. The van der Waals surface area contributed by atoms with Crippen LogP contribution >= 0.6 is 11.3 Å². The van der Waals surface area contributed by atoms with Crippen molar-refractivity contribution in [2.24, 2.45) is 0 Å². The van der Waals surface area contributed by atoms with Crippen molar-refractivity contribution in [3.63, 3.8) is 0 Å². The number of nitrogens with zero attached hydrogens (tertiary/aromatic N) is 2. The van der Waals surface area contributed by atoms with Gasteiger partial charge in [0.1, 0.15) is 0 Å². The normalized spacial score (nSPS) is 18.1. The average Bonchev–Trinajstić information content (AvgIpc) is 3.32. The third kappa shape index (κ3) is 4.55. The molecule has 2 atom stereocenters. The highest BCUT2D eigenvalue weighted by atomic mass is 32.1. The van der Waals surface area contributed by atoms with Crippen molar-refractivity contribution in [2.75, 3.05) is 47.4 Å². The van der Waals surface area contributed by atoms with Crippen molar-refractivity contribution >= 4 is 23.2 Å². The number of thiophene rings is 1. The van der Waals surface area contributed by atoms with Crippen LogP contribution in [0, 0.1) is 0 Å². The maximum absolute atomic E-state index is 13.5. The van der Waals surface area contributed by atoms with Gasteiger partial charge in [0.25, 0.3) is 5.91 Å². The highest BCUT2D eigenvalue weighted by Crippen LogP contribution is 2.46. The number of nitrogens with one attached hydrogen (secondary N) is 1. The summed E-state index contributed by atoms with van der Waals surface area (Å²) in [6.45, 7) is 7.41. The summed E-state index contributed by atoms with van der Waals surface area (Å²) in [6.07, 6.45) is 0. The first kappa shape index (κ1) is 23.1. The van der Waals surface area contributed by atoms with E-state index in [2.05, 4.69) is 24.1 Å². The summed E-state index contributed by atoms with van der Waals surface area (Å²) in [5.41, 5.74) is 1.14. The van der Waals surface area contributed by atoms with Crippen LogP contribution in [0.3, 0.4) is 0 Å². The van der Waals surface area contributed by atoms with Gasteiger partial charge >= 0.3 is 0 Å². The summed E-state index contributed by atoms with van der Waals surface area (Å²) in [5.74, 6) is 0.190. The molecular weight excluding hydrogens is 414 g/mol. The monoisotopic (exact) mass is 445 g/mol. The Morgan fingerprint density at radius 1 is 1.19 bits per heavy atom. The van der Waals surface area contributed by atoms with Crippen LogP contribution in [0.2, 0.25) is 0 Å². The lowest BCUT2D eigenvalue weighted by Crippen LogP contribution is -2.46. The maximum Gasteiger partial charge on any atom is 0.254 e. The minimum Gasteiger partial charge on any atom is -0.493 e. The number of carbonyl (C=O) groups excluding carboxylic acids is 2. The quantitative estimate of drug-likeness (QED) is 0.642. The van der Waals surface area contributed by atoms with Gasteiger partial charge in [0.15, 0.2) is 11.5 Å². The lowest BCUT2D eigenvalue weighted by molar-refractivity contribution is -0.124. The Labute approximate surface area is 187 Å². The molecule has 168 valence electrons. The Kier molecular flexibility index (Phi) is 7.56. The van der Waals surface area contributed by atoms with Gasteiger partial charge in [0, 0.05) is 30.6 Å². The van der Waals surface area contributed by atoms with E-state index in [1.54, 1.807) is 42.5 Å². The first-order chi connectivity index (χ1) is 15.0. The van der Waals surface area contributed by atoms with Crippen molar-refractivity contribution < 1.29 is 19.1 Å². The van der Waals surface area contributed by atoms with Gasteiger partial charge < -0.3 is 24.6 Å². The lowest BCUT2D eigenvalue weighted by Gasteiger charge is -2.39. The second-order valence-corrected chi connectivity index (χ2v) is 8.45. The number of hydrogen-bond donors (Lipinski definition) is 1. The number of ether oxygens (including phenoxy) is 2. The molecule has 1 aliphatic rings. The molecule has 0 saturated carbocycles. The number of carbonyl (C=O) groups is 2. The minimum absolute atomic E-state index is 0.0987. The van der Waals surface area contributed by atoms with E-state index in [9.17, 15) is 9.59 Å². The van der Waals surface area contributed by atoms with E-state index in [4.69, 9.17) is 9.47 Å². The lowest BCUT2D eigenvalue weighted by atomic mass is 9.81. The van der Waals surface area contributed by atoms with Crippen molar-refractivity contribution in [1.82, 2.24) is 15.1 Å². The number of amides is 2. The van der Waals surface area contributed by atoms with Crippen LogP contribution in [0.5, 0.6) is 11.5 Å². The van der Waals surface area contributed by atoms with Crippen LogP contribution in [0.25, 0.3) is 0 Å². The number of fused-ring (bicyclic) bond motifs is 1. The van der Waals surface area contributed by atoms with Gasteiger partial charge in [0.2, 0.25) is 5.91 Å². The van der Waals surface area contributed by atoms with Gasteiger partial charge in [-0.2, -0.15) is 0 Å². The molecule has 1 aromatic carbocycles. The van der Waals surface area contributed by atoms with Crippen LogP contribution in [-0.2, 0) is 4.79 Å². The molecule has 0 aliphatic carbocycles. The van der Waals surface area contributed by atoms with E-state index >= 15 is 0 Å². The molecule has 0 fully saturated rings. The number of likely N-dealkylation sites (N-methyl/N-ethyl adjacent to an activating group) is 2. The standard InChI is InChI=1S/C23H31N3O4S/c1-6-26(7-2)11-10-24-22(27)20-15-13-17(29-4)18(30-5)14-16(15)23(28)25(3)21(20)19-9-8-12-31-19/h8-9,12-14,20-21H,6-7,10-11H2,1-5H3,(H,24,27)/t20-,21+/m1/s1. The molecule has 7 nitrogen and oxygen atoms in total. The van der Waals surface area contributed by atoms with E-state index in [-0.39, 0.29) is 17.9 Å². The van der Waals surface area contributed by atoms with Gasteiger partial charge in [-0.25, -0.2) is 0 Å². The number of benzene rings is 1. The smallest absolute Gasteiger partial charge is 0.254 e. The molecule has 2 heterocycles. The molecule has 1 aliphatic heterocycles. The summed E-state index contributed by atoms with van der Waals surface area (Å²) in [7, 11) is 4.84. The topological polar surface area (TPSA) is 71.1 Å². The van der Waals surface area contributed by atoms with Gasteiger partial charge in [0.05, 0.1) is 26.2 Å². The van der Waals surface area contributed by atoms with Crippen LogP contribution in [0.15, 0.2) is 29.6 Å². The summed E-state index contributed by atoms with van der Waals surface area (Å²) in [6, 6.07) is 6.98. The Morgan fingerprint density at radius 2 is 1.87 bits per heavy atom. The number of rotatable bonds is 9. The second-order valence-electron chi connectivity index (χ2n) is 7.47. The zero-order valence-corrected chi connectivity index (χ0v) is 19.6. The van der Waals surface area contributed by atoms with Crippen molar-refractivity contribution in [3.05, 3.63) is 45.6 Å². The third-order valence-electron chi connectivity index (χ3n) is 5.91. The van der Waals surface area contributed by atoms with E-state index in [1.807, 2.05) is 17.5 Å². The molecule has 0 saturated heterocycles. The van der Waals surface area contributed by atoms with E-state index in [0.29, 0.717) is 29.2 Å².